The van der Waals surface area contributed by atoms with Crippen LogP contribution in [-0.2, 0) is 34.5 Å². The molecule has 1 amide bonds. The zero-order valence-corrected chi connectivity index (χ0v) is 13.1. The Hall–Kier alpha value is 0.150. The molecule has 19 heavy (non-hydrogen) atoms. The molecule has 2 atom stereocenters. The molecule has 6 nitrogen and oxygen atoms in total. The normalized spacial score (nSPS) is 22.8. The average Bonchev–Trinajstić information content (AvgIpc) is 2.31. The summed E-state index contributed by atoms with van der Waals surface area (Å²) in [5, 5.41) is 3.24. The second-order valence-corrected chi connectivity index (χ2v) is 8.78. The highest BCUT2D eigenvalue weighted by molar-refractivity contribution is 8.29. The largest absolute Gasteiger partial charge is 0.469 e. The number of unbranched alkanes of at least 4 members (excludes halogenated alkanes) is 1. The van der Waals surface area contributed by atoms with Gasteiger partial charge in [0.1, 0.15) is 0 Å². The fraction of sp³-hybridized carbons (Fsp3) is 0.900. The third kappa shape index (κ3) is 8.12. The van der Waals surface area contributed by atoms with Gasteiger partial charge in [-0.05, 0) is 25.0 Å². The van der Waals surface area contributed by atoms with Gasteiger partial charge in [-0.1, -0.05) is 17.6 Å². The summed E-state index contributed by atoms with van der Waals surface area (Å²) in [6, 6.07) is 0. The highest BCUT2D eigenvalue weighted by Crippen LogP contribution is 2.35. The summed E-state index contributed by atoms with van der Waals surface area (Å²) >= 11 is 5.26. The van der Waals surface area contributed by atoms with Gasteiger partial charge in [-0.2, -0.15) is 0 Å². The number of amides is 1. The molecule has 0 aromatic heterocycles. The van der Waals surface area contributed by atoms with E-state index >= 15 is 0 Å². The molecule has 0 spiro atoms. The molecule has 0 radical (unpaired) electrons. The Morgan fingerprint density at radius 3 is 2.74 bits per heavy atom. The Kier molecular flexibility index (Phi) is 7.64. The highest BCUT2D eigenvalue weighted by Gasteiger charge is 2.21. The minimum Gasteiger partial charge on any atom is -0.354 e. The molecule has 9 heteroatoms. The quantitative estimate of drug-likeness (QED) is 0.424. The van der Waals surface area contributed by atoms with E-state index in [2.05, 4.69) is 9.84 Å². The highest BCUT2D eigenvalue weighted by atomic mass is 32.8. The van der Waals surface area contributed by atoms with Crippen LogP contribution in [0.2, 0.25) is 0 Å². The number of hydrogen-bond donors (Lipinski definition) is 3. The lowest BCUT2D eigenvalue weighted by Gasteiger charge is -2.28. The first-order valence-corrected chi connectivity index (χ1v) is 10.1. The summed E-state index contributed by atoms with van der Waals surface area (Å²) in [5.41, 5.74) is 0. The summed E-state index contributed by atoms with van der Waals surface area (Å²) in [6.07, 6.45) is 4.62. The summed E-state index contributed by atoms with van der Waals surface area (Å²) in [5.74, 6) is 1.07. The number of phosphoric acid groups is 1. The minimum atomic E-state index is -4.43. The van der Waals surface area contributed by atoms with Crippen LogP contribution in [0.3, 0.4) is 0 Å². The smallest absolute Gasteiger partial charge is 0.354 e. The second-order valence-electron chi connectivity index (χ2n) is 4.42. The van der Waals surface area contributed by atoms with Crippen LogP contribution >= 0.6 is 7.82 Å². The fourth-order valence-corrected chi connectivity index (χ4v) is 4.14. The van der Waals surface area contributed by atoms with Crippen LogP contribution in [0.4, 0.5) is 0 Å². The Bertz CT molecular complexity index is 373. The van der Waals surface area contributed by atoms with Crippen molar-refractivity contribution in [2.24, 2.45) is 0 Å². The average molecular weight is 329 g/mol. The first-order chi connectivity index (χ1) is 8.88. The molecule has 1 aliphatic rings. The van der Waals surface area contributed by atoms with Gasteiger partial charge in [0.15, 0.2) is 0 Å². The van der Waals surface area contributed by atoms with Crippen LogP contribution in [0, 0.1) is 0 Å². The summed E-state index contributed by atoms with van der Waals surface area (Å²) in [4.78, 5) is 28.2. The van der Waals surface area contributed by atoms with Gasteiger partial charge < -0.3 is 15.1 Å². The Morgan fingerprint density at radius 1 is 1.47 bits per heavy atom. The van der Waals surface area contributed by atoms with Crippen molar-refractivity contribution in [1.29, 1.82) is 0 Å². The van der Waals surface area contributed by atoms with Crippen LogP contribution in [0.15, 0.2) is 0 Å². The van der Waals surface area contributed by atoms with Crippen LogP contribution in [-0.4, -0.2) is 39.8 Å². The van der Waals surface area contributed by atoms with Crippen LogP contribution < -0.4 is 5.32 Å². The van der Waals surface area contributed by atoms with Gasteiger partial charge in [-0.25, -0.2) is 4.57 Å². The van der Waals surface area contributed by atoms with E-state index in [0.29, 0.717) is 11.7 Å². The van der Waals surface area contributed by atoms with E-state index in [1.165, 1.54) is 12.2 Å². The molecular formula is C10H20NO5PS2. The van der Waals surface area contributed by atoms with Crippen LogP contribution in [0.1, 0.15) is 32.1 Å². The molecule has 0 aromatic rings. The maximum absolute atomic E-state index is 11.4. The summed E-state index contributed by atoms with van der Waals surface area (Å²) < 4.78 is 14.6. The van der Waals surface area contributed by atoms with Gasteiger partial charge in [0.2, 0.25) is 5.91 Å². The molecule has 1 aliphatic heterocycles. The second kappa shape index (κ2) is 8.44. The number of rotatable bonds is 9. The Labute approximate surface area is 120 Å². The Balaban J connectivity index is 1.93. The molecule has 1 unspecified atom stereocenters. The van der Waals surface area contributed by atoms with Gasteiger partial charge in [-0.3, -0.25) is 9.32 Å². The number of carbonyl (C=O) groups is 1. The lowest BCUT2D eigenvalue weighted by atomic mass is 10.1. The maximum Gasteiger partial charge on any atom is 0.469 e. The summed E-state index contributed by atoms with van der Waals surface area (Å²) in [7, 11) is -4.24. The van der Waals surface area contributed by atoms with Crippen molar-refractivity contribution in [2.75, 3.05) is 18.9 Å². The molecule has 3 N–H and O–H groups in total. The predicted molar refractivity (Wildman–Crippen MR) is 77.5 cm³/mol. The third-order valence-electron chi connectivity index (χ3n) is 2.88. The molecule has 0 bridgehead atoms. The van der Waals surface area contributed by atoms with E-state index in [0.717, 1.165) is 19.3 Å². The Morgan fingerprint density at radius 2 is 2.21 bits per heavy atom. The molecule has 0 aliphatic carbocycles. The van der Waals surface area contributed by atoms with E-state index in [-0.39, 0.29) is 28.5 Å². The number of hydrogen-bond acceptors (Lipinski definition) is 4. The van der Waals surface area contributed by atoms with Crippen molar-refractivity contribution in [1.82, 2.24) is 5.32 Å². The fourth-order valence-electron chi connectivity index (χ4n) is 1.76. The van der Waals surface area contributed by atoms with Crippen molar-refractivity contribution in [3.05, 3.63) is 0 Å². The topological polar surface area (TPSA) is 95.9 Å². The number of carbonyl (C=O) groups excluding carboxylic acids is 1. The van der Waals surface area contributed by atoms with Crippen molar-refractivity contribution in [2.45, 2.75) is 37.4 Å². The van der Waals surface area contributed by atoms with Crippen LogP contribution in [0.5, 0.6) is 0 Å². The van der Waals surface area contributed by atoms with Crippen molar-refractivity contribution >= 4 is 34.4 Å². The molecule has 1 saturated heterocycles. The third-order valence-corrected chi connectivity index (χ3v) is 6.56. The van der Waals surface area contributed by atoms with Crippen LogP contribution in [0.25, 0.3) is 0 Å². The lowest BCUT2D eigenvalue weighted by Crippen LogP contribution is -2.30. The lowest BCUT2D eigenvalue weighted by molar-refractivity contribution is -0.121. The number of nitrogens with one attached hydrogen (secondary N) is 1. The van der Waals surface area contributed by atoms with Gasteiger partial charge in [0, 0.05) is 18.2 Å². The zero-order valence-electron chi connectivity index (χ0n) is 10.6. The van der Waals surface area contributed by atoms with Gasteiger partial charge >= 0.3 is 7.82 Å². The standard InChI is InChI=1S/C10H20NO5PS2/c12-10(11-6-7-16-17(13,14)15)4-2-1-3-9-5-8-19(9)18/h9H,1-8H2,(H,11,12)(H2,13,14,15)/t9-,19?/m1/s1. The van der Waals surface area contributed by atoms with Crippen molar-refractivity contribution in [3.63, 3.8) is 0 Å². The molecule has 0 saturated carbocycles. The summed E-state index contributed by atoms with van der Waals surface area (Å²) in [6.45, 7) is -0.0704. The zero-order chi connectivity index (χ0) is 14.3. The molecule has 112 valence electrons. The molecular weight excluding hydrogens is 309 g/mol. The van der Waals surface area contributed by atoms with Crippen molar-refractivity contribution < 1.29 is 23.7 Å². The van der Waals surface area contributed by atoms with E-state index in [1.54, 1.807) is 0 Å². The predicted octanol–water partition coefficient (Wildman–Crippen LogP) is 0.625. The van der Waals surface area contributed by atoms with E-state index in [9.17, 15) is 9.36 Å². The molecule has 1 heterocycles. The van der Waals surface area contributed by atoms with E-state index in [4.69, 9.17) is 21.0 Å². The van der Waals surface area contributed by atoms with Gasteiger partial charge in [0.25, 0.3) is 0 Å². The molecule has 0 aromatic carbocycles. The molecule has 1 rings (SSSR count). The number of phosphoric ester groups is 1. The van der Waals surface area contributed by atoms with E-state index < -0.39 is 7.82 Å². The first-order valence-electron chi connectivity index (χ1n) is 6.22. The maximum atomic E-state index is 11.4. The molecule has 1 fully saturated rings. The minimum absolute atomic E-state index is 0.111. The monoisotopic (exact) mass is 329 g/mol. The van der Waals surface area contributed by atoms with Crippen molar-refractivity contribution in [3.8, 4) is 0 Å². The van der Waals surface area contributed by atoms with Gasteiger partial charge in [-0.15, -0.1) is 9.45 Å². The SMILES string of the molecule is O=C(CCCC[C@@H]1CCS1=S)NCCOP(=O)(O)O. The first kappa shape index (κ1) is 17.2. The van der Waals surface area contributed by atoms with E-state index in [1.807, 2.05) is 0 Å². The van der Waals surface area contributed by atoms with Gasteiger partial charge in [0.05, 0.1) is 6.61 Å².